The van der Waals surface area contributed by atoms with Crippen molar-refractivity contribution < 1.29 is 53.6 Å². The quantitative estimate of drug-likeness (QED) is 0.0594. The Balaban J connectivity index is 1.42. The lowest BCUT2D eigenvalue weighted by atomic mass is 9.99. The van der Waals surface area contributed by atoms with Gasteiger partial charge in [0.05, 0.1) is 30.7 Å². The molecule has 0 saturated heterocycles. The van der Waals surface area contributed by atoms with Crippen LogP contribution in [0.1, 0.15) is 58.5 Å². The number of phenolic OH excluding ortho intramolecular Hbond substituents is 1. The molecule has 0 aliphatic rings. The number of carboxylic acid groups (broad SMARTS) is 2. The zero-order valence-corrected chi connectivity index (χ0v) is 30.0. The lowest BCUT2D eigenvalue weighted by Crippen LogP contribution is -2.47. The standard InChI is InChI=1S/C40H41N3O11/c1-4-26-22-25(16-18-31(26)43(37(47)39(50)51)32-15-9-8-14-29(32)38(48)49)23-30(42-24(2)44)36(46)41-20-10-11-21-54-33-19-17-28(27-12-6-5-7-13-27)35(45)34(33)40(52)53-3/h5-9,12-19,22,30,45H,4,10-11,20-21,23H2,1-3H3,(H,41,46)(H,42,44)(H,48,49)(H,50,51)/t30-/m0/s1. The average Bonchev–Trinajstić information content (AvgIpc) is 3.16. The molecule has 0 heterocycles. The number of carbonyl (C=O) groups is 6. The smallest absolute Gasteiger partial charge is 0.395 e. The molecule has 3 amide bonds. The molecule has 4 rings (SSSR count). The van der Waals surface area contributed by atoms with E-state index in [-0.39, 0.29) is 53.6 Å². The molecule has 4 aromatic carbocycles. The maximum absolute atomic E-state index is 13.2. The summed E-state index contributed by atoms with van der Waals surface area (Å²) in [7, 11) is 1.21. The van der Waals surface area contributed by atoms with Gasteiger partial charge in [0.25, 0.3) is 0 Å². The van der Waals surface area contributed by atoms with Crippen LogP contribution < -0.4 is 20.3 Å². The summed E-state index contributed by atoms with van der Waals surface area (Å²) < 4.78 is 10.7. The number of aromatic carboxylic acids is 1. The normalized spacial score (nSPS) is 11.2. The first-order valence-corrected chi connectivity index (χ1v) is 17.1. The highest BCUT2D eigenvalue weighted by molar-refractivity contribution is 6.39. The van der Waals surface area contributed by atoms with Gasteiger partial charge in [-0.15, -0.1) is 0 Å². The topological polar surface area (TPSA) is 209 Å². The first-order chi connectivity index (χ1) is 25.9. The number of esters is 1. The first-order valence-electron chi connectivity index (χ1n) is 17.1. The molecule has 4 aromatic rings. The summed E-state index contributed by atoms with van der Waals surface area (Å²) in [5.41, 5.74) is 1.91. The minimum atomic E-state index is -1.78. The Labute approximate surface area is 311 Å². The summed E-state index contributed by atoms with van der Waals surface area (Å²) >= 11 is 0. The fraction of sp³-hybridized carbons (Fsp3) is 0.250. The van der Waals surface area contributed by atoms with E-state index in [1.807, 2.05) is 18.2 Å². The van der Waals surface area contributed by atoms with Gasteiger partial charge in [-0.1, -0.05) is 61.5 Å². The van der Waals surface area contributed by atoms with Crippen molar-refractivity contribution in [3.8, 4) is 22.6 Å². The van der Waals surface area contributed by atoms with Crippen molar-refractivity contribution in [1.82, 2.24) is 10.6 Å². The zero-order valence-electron chi connectivity index (χ0n) is 30.0. The van der Waals surface area contributed by atoms with Gasteiger partial charge >= 0.3 is 23.8 Å². The monoisotopic (exact) mass is 739 g/mol. The highest BCUT2D eigenvalue weighted by Crippen LogP contribution is 2.38. The summed E-state index contributed by atoms with van der Waals surface area (Å²) in [6.45, 7) is 3.44. The van der Waals surface area contributed by atoms with Gasteiger partial charge in [0.2, 0.25) is 11.8 Å². The number of carbonyl (C=O) groups excluding carboxylic acids is 4. The molecule has 5 N–H and O–H groups in total. The Kier molecular flexibility index (Phi) is 13.9. The number of nitrogens with zero attached hydrogens (tertiary/aromatic N) is 1. The summed E-state index contributed by atoms with van der Waals surface area (Å²) in [6.07, 6.45) is 1.31. The number of rotatable bonds is 16. The second-order valence-corrected chi connectivity index (χ2v) is 12.1. The van der Waals surface area contributed by atoms with Crippen molar-refractivity contribution >= 4 is 47.0 Å². The summed E-state index contributed by atoms with van der Waals surface area (Å²) in [5, 5.41) is 35.7. The Bertz CT molecular complexity index is 2030. The highest BCUT2D eigenvalue weighted by atomic mass is 16.5. The number of methoxy groups -OCH3 is 1. The molecule has 0 bridgehead atoms. The molecule has 0 aromatic heterocycles. The Morgan fingerprint density at radius 3 is 2.20 bits per heavy atom. The van der Waals surface area contributed by atoms with Crippen molar-refractivity contribution in [2.75, 3.05) is 25.2 Å². The number of aryl methyl sites for hydroxylation is 1. The van der Waals surface area contributed by atoms with Crippen LogP contribution in [0.5, 0.6) is 11.5 Å². The summed E-state index contributed by atoms with van der Waals surface area (Å²) in [5.74, 6) is -6.25. The number of anilines is 2. The Morgan fingerprint density at radius 2 is 1.56 bits per heavy atom. The number of hydrogen-bond acceptors (Lipinski definition) is 9. The van der Waals surface area contributed by atoms with Crippen LogP contribution >= 0.6 is 0 Å². The van der Waals surface area contributed by atoms with Crippen molar-refractivity contribution in [2.24, 2.45) is 0 Å². The number of ether oxygens (including phenoxy) is 2. The summed E-state index contributed by atoms with van der Waals surface area (Å²) in [4.78, 5) is 75.4. The molecule has 0 fully saturated rings. The lowest BCUT2D eigenvalue weighted by Gasteiger charge is -2.26. The predicted octanol–water partition coefficient (Wildman–Crippen LogP) is 4.88. The fourth-order valence-electron chi connectivity index (χ4n) is 5.84. The van der Waals surface area contributed by atoms with E-state index in [9.17, 15) is 44.1 Å². The Hall–Kier alpha value is -6.70. The van der Waals surface area contributed by atoms with E-state index in [4.69, 9.17) is 9.47 Å². The van der Waals surface area contributed by atoms with Crippen LogP contribution in [0.2, 0.25) is 0 Å². The van der Waals surface area contributed by atoms with E-state index >= 15 is 0 Å². The number of aromatic hydroxyl groups is 1. The van der Waals surface area contributed by atoms with Crippen LogP contribution in [-0.2, 0) is 36.8 Å². The predicted molar refractivity (Wildman–Crippen MR) is 198 cm³/mol. The van der Waals surface area contributed by atoms with Gasteiger partial charge in [-0.2, -0.15) is 0 Å². The molecule has 0 spiro atoms. The highest BCUT2D eigenvalue weighted by Gasteiger charge is 2.30. The van der Waals surface area contributed by atoms with Gasteiger partial charge in [-0.05, 0) is 66.3 Å². The molecular weight excluding hydrogens is 698 g/mol. The summed E-state index contributed by atoms with van der Waals surface area (Å²) in [6, 6.07) is 21.6. The molecule has 54 heavy (non-hydrogen) atoms. The first kappa shape index (κ1) is 40.1. The van der Waals surface area contributed by atoms with E-state index in [0.29, 0.717) is 41.5 Å². The van der Waals surface area contributed by atoms with Crippen molar-refractivity contribution in [2.45, 2.75) is 45.6 Å². The van der Waals surface area contributed by atoms with Gasteiger partial charge in [0, 0.05) is 25.5 Å². The second-order valence-electron chi connectivity index (χ2n) is 12.1. The molecule has 0 aliphatic heterocycles. The van der Waals surface area contributed by atoms with Crippen LogP contribution in [0.3, 0.4) is 0 Å². The van der Waals surface area contributed by atoms with Crippen LogP contribution in [0, 0.1) is 0 Å². The molecule has 282 valence electrons. The number of phenols is 1. The minimum Gasteiger partial charge on any atom is -0.506 e. The third-order valence-electron chi connectivity index (χ3n) is 8.40. The number of hydrogen-bond donors (Lipinski definition) is 5. The van der Waals surface area contributed by atoms with E-state index in [1.165, 1.54) is 44.4 Å². The van der Waals surface area contributed by atoms with E-state index in [0.717, 1.165) is 4.90 Å². The van der Waals surface area contributed by atoms with Crippen molar-refractivity contribution in [1.29, 1.82) is 0 Å². The number of para-hydroxylation sites is 1. The van der Waals surface area contributed by atoms with E-state index < -0.39 is 41.7 Å². The average molecular weight is 740 g/mol. The van der Waals surface area contributed by atoms with Crippen LogP contribution in [-0.4, -0.2) is 77.3 Å². The number of carboxylic acids is 2. The lowest BCUT2D eigenvalue weighted by molar-refractivity contribution is -0.148. The SMILES string of the molecule is CCc1cc(C[C@H](NC(C)=O)C(=O)NCCCCOc2ccc(-c3ccccc3)c(O)c2C(=O)OC)ccc1N(C(=O)C(=O)O)c1ccccc1C(=O)O. The van der Waals surface area contributed by atoms with Crippen molar-refractivity contribution in [3.63, 3.8) is 0 Å². The van der Waals surface area contributed by atoms with Gasteiger partial charge in [-0.25, -0.2) is 14.4 Å². The molecule has 0 unspecified atom stereocenters. The third kappa shape index (κ3) is 9.79. The molecule has 14 heteroatoms. The molecule has 14 nitrogen and oxygen atoms in total. The van der Waals surface area contributed by atoms with Gasteiger partial charge in [0.1, 0.15) is 23.1 Å². The van der Waals surface area contributed by atoms with Gasteiger partial charge in [0.15, 0.2) is 0 Å². The van der Waals surface area contributed by atoms with Crippen LogP contribution in [0.4, 0.5) is 11.4 Å². The van der Waals surface area contributed by atoms with Crippen molar-refractivity contribution in [3.05, 3.63) is 107 Å². The van der Waals surface area contributed by atoms with Crippen LogP contribution in [0.15, 0.2) is 84.9 Å². The maximum Gasteiger partial charge on any atom is 0.395 e. The molecule has 0 radical (unpaired) electrons. The van der Waals surface area contributed by atoms with E-state index in [1.54, 1.807) is 43.3 Å². The number of aliphatic carboxylic acids is 1. The molecule has 0 saturated carbocycles. The van der Waals surface area contributed by atoms with Gasteiger partial charge in [-0.3, -0.25) is 19.3 Å². The largest absolute Gasteiger partial charge is 0.506 e. The van der Waals surface area contributed by atoms with Crippen LogP contribution in [0.25, 0.3) is 11.1 Å². The number of amides is 3. The van der Waals surface area contributed by atoms with Gasteiger partial charge < -0.3 is 35.4 Å². The zero-order chi connectivity index (χ0) is 39.4. The number of unbranched alkanes of at least 4 members (excludes halogenated alkanes) is 1. The molecule has 0 aliphatic carbocycles. The second kappa shape index (κ2) is 18.7. The maximum atomic E-state index is 13.2. The molecular formula is C40H41N3O11. The van der Waals surface area contributed by atoms with E-state index in [2.05, 4.69) is 10.6 Å². The molecule has 1 atom stereocenters. The third-order valence-corrected chi connectivity index (χ3v) is 8.40. The minimum absolute atomic E-state index is 0.0547. The number of nitrogens with one attached hydrogen (secondary N) is 2. The Morgan fingerprint density at radius 1 is 0.852 bits per heavy atom. The number of benzene rings is 4. The fourth-order valence-corrected chi connectivity index (χ4v) is 5.84.